The van der Waals surface area contributed by atoms with Crippen LogP contribution in [0.5, 0.6) is 5.88 Å². The molecule has 0 aliphatic heterocycles. The predicted octanol–water partition coefficient (Wildman–Crippen LogP) is 1.42. The van der Waals surface area contributed by atoms with Crippen molar-refractivity contribution < 1.29 is 4.74 Å². The van der Waals surface area contributed by atoms with Crippen LogP contribution in [-0.2, 0) is 0 Å². The van der Waals surface area contributed by atoms with Crippen LogP contribution in [0.4, 0.5) is 5.95 Å². The number of nitrogens with zero attached hydrogens (tertiary/aromatic N) is 2. The fourth-order valence-corrected chi connectivity index (χ4v) is 0.964. The van der Waals surface area contributed by atoms with E-state index in [1.807, 2.05) is 13.8 Å². The number of aromatic nitrogens is 2. The third-order valence-corrected chi connectivity index (χ3v) is 1.82. The lowest BCUT2D eigenvalue weighted by Gasteiger charge is -2.08. The number of aryl methyl sites for hydroxylation is 1. The van der Waals surface area contributed by atoms with Crippen LogP contribution >= 0.6 is 0 Å². The van der Waals surface area contributed by atoms with Gasteiger partial charge in [-0.05, 0) is 13.8 Å². The number of hydrogen-bond acceptors (Lipinski definition) is 5. The van der Waals surface area contributed by atoms with Crippen LogP contribution in [0.3, 0.4) is 0 Å². The van der Waals surface area contributed by atoms with Crippen LogP contribution in [-0.4, -0.2) is 16.6 Å². The normalized spacial score (nSPS) is 9.80. The van der Waals surface area contributed by atoms with E-state index in [0.29, 0.717) is 18.4 Å². The fraction of sp³-hybridized carbons (Fsp3) is 0.400. The molecule has 5 nitrogen and oxygen atoms in total. The highest BCUT2D eigenvalue weighted by Gasteiger charge is 2.03. The van der Waals surface area contributed by atoms with Gasteiger partial charge < -0.3 is 4.74 Å². The average Bonchev–Trinajstić information content (AvgIpc) is 2.20. The van der Waals surface area contributed by atoms with E-state index < -0.39 is 0 Å². The summed E-state index contributed by atoms with van der Waals surface area (Å²) in [5, 5.41) is 0. The molecule has 15 heavy (non-hydrogen) atoms. The zero-order chi connectivity index (χ0) is 11.3. The van der Waals surface area contributed by atoms with Gasteiger partial charge in [0.05, 0.1) is 6.61 Å². The maximum atomic E-state index is 5.48. The molecule has 3 N–H and O–H groups in total. The van der Waals surface area contributed by atoms with Crippen molar-refractivity contribution in [3.63, 3.8) is 0 Å². The molecule has 0 saturated carbocycles. The number of ether oxygens (including phenoxy) is 1. The van der Waals surface area contributed by atoms with E-state index in [4.69, 9.17) is 10.6 Å². The summed E-state index contributed by atoms with van der Waals surface area (Å²) >= 11 is 0. The minimum atomic E-state index is 0.353. The topological polar surface area (TPSA) is 73.1 Å². The Morgan fingerprint density at radius 2 is 2.40 bits per heavy atom. The van der Waals surface area contributed by atoms with Crippen molar-refractivity contribution in [1.82, 2.24) is 9.97 Å². The number of nitrogens with two attached hydrogens (primary N) is 1. The first kappa shape index (κ1) is 11.5. The highest BCUT2D eigenvalue weighted by molar-refractivity contribution is 5.31. The molecule has 0 aliphatic rings. The summed E-state index contributed by atoms with van der Waals surface area (Å²) in [4.78, 5) is 8.04. The second-order valence-corrected chi connectivity index (χ2v) is 3.38. The number of nitrogen functional groups attached to an aromatic ring is 1. The van der Waals surface area contributed by atoms with Crippen LogP contribution in [0.15, 0.2) is 18.3 Å². The van der Waals surface area contributed by atoms with E-state index >= 15 is 0 Å². The molecule has 0 atom stereocenters. The third kappa shape index (κ3) is 3.55. The minimum Gasteiger partial charge on any atom is -0.477 e. The summed E-state index contributed by atoms with van der Waals surface area (Å²) < 4.78 is 5.48. The molecule has 0 aliphatic carbocycles. The second kappa shape index (κ2) is 5.31. The zero-order valence-electron chi connectivity index (χ0n) is 9.08. The molecule has 1 rings (SSSR count). The van der Waals surface area contributed by atoms with Gasteiger partial charge in [0, 0.05) is 18.2 Å². The molecular formula is C10H16N4O. The van der Waals surface area contributed by atoms with Crippen molar-refractivity contribution in [3.8, 4) is 5.88 Å². The second-order valence-electron chi connectivity index (χ2n) is 3.38. The van der Waals surface area contributed by atoms with Crippen LogP contribution in [0.2, 0.25) is 0 Å². The molecule has 5 heteroatoms. The fourth-order valence-electron chi connectivity index (χ4n) is 0.964. The number of nitrogens with one attached hydrogen (secondary N) is 1. The van der Waals surface area contributed by atoms with Gasteiger partial charge in [-0.2, -0.15) is 4.98 Å². The molecular weight excluding hydrogens is 192 g/mol. The Labute approximate surface area is 89.3 Å². The molecule has 0 spiro atoms. The maximum absolute atomic E-state index is 5.48. The van der Waals surface area contributed by atoms with E-state index in [-0.39, 0.29) is 0 Å². The van der Waals surface area contributed by atoms with Gasteiger partial charge >= 0.3 is 0 Å². The third-order valence-electron chi connectivity index (χ3n) is 1.82. The number of hydrazine groups is 1. The summed E-state index contributed by atoms with van der Waals surface area (Å²) in [6, 6.07) is 0. The molecule has 1 heterocycles. The molecule has 0 radical (unpaired) electrons. The average molecular weight is 208 g/mol. The Hall–Kier alpha value is -1.62. The van der Waals surface area contributed by atoms with Gasteiger partial charge in [-0.15, -0.1) is 6.58 Å². The van der Waals surface area contributed by atoms with Crippen molar-refractivity contribution >= 4 is 5.95 Å². The first-order chi connectivity index (χ1) is 7.13. The predicted molar refractivity (Wildman–Crippen MR) is 59.5 cm³/mol. The Bertz CT molecular complexity index is 351. The molecule has 0 saturated heterocycles. The molecule has 0 amide bonds. The van der Waals surface area contributed by atoms with E-state index in [9.17, 15) is 0 Å². The van der Waals surface area contributed by atoms with E-state index in [2.05, 4.69) is 22.0 Å². The number of hydrogen-bond donors (Lipinski definition) is 2. The summed E-state index contributed by atoms with van der Waals surface area (Å²) in [6.07, 6.45) is 2.48. The lowest BCUT2D eigenvalue weighted by Crippen LogP contribution is -2.12. The molecule has 0 bridgehead atoms. The minimum absolute atomic E-state index is 0.353. The quantitative estimate of drug-likeness (QED) is 0.435. The van der Waals surface area contributed by atoms with E-state index in [0.717, 1.165) is 17.6 Å². The van der Waals surface area contributed by atoms with Crippen LogP contribution in [0.1, 0.15) is 18.9 Å². The Morgan fingerprint density at radius 1 is 1.67 bits per heavy atom. The van der Waals surface area contributed by atoms with Gasteiger partial charge in [-0.25, -0.2) is 10.8 Å². The van der Waals surface area contributed by atoms with Crippen molar-refractivity contribution in [2.75, 3.05) is 12.0 Å². The Morgan fingerprint density at radius 3 is 3.00 bits per heavy atom. The van der Waals surface area contributed by atoms with Crippen molar-refractivity contribution in [2.24, 2.45) is 5.84 Å². The van der Waals surface area contributed by atoms with Gasteiger partial charge in [0.2, 0.25) is 11.8 Å². The monoisotopic (exact) mass is 208 g/mol. The van der Waals surface area contributed by atoms with Gasteiger partial charge in [0.1, 0.15) is 0 Å². The Kier molecular flexibility index (Phi) is 4.05. The highest BCUT2D eigenvalue weighted by atomic mass is 16.5. The molecule has 0 fully saturated rings. The smallest absolute Gasteiger partial charge is 0.240 e. The lowest BCUT2D eigenvalue weighted by atomic mass is 10.3. The number of rotatable bonds is 5. The van der Waals surface area contributed by atoms with Gasteiger partial charge in [-0.3, -0.25) is 5.43 Å². The standard InChI is InChI=1S/C10H16N4O/c1-7(2)4-5-15-9-8(3)6-12-10(13-9)14-11/h6H,1,4-5,11H2,2-3H3,(H,12,13,14). The largest absolute Gasteiger partial charge is 0.477 e. The summed E-state index contributed by atoms with van der Waals surface area (Å²) in [7, 11) is 0. The summed E-state index contributed by atoms with van der Waals surface area (Å²) in [5.74, 6) is 6.11. The van der Waals surface area contributed by atoms with E-state index in [1.54, 1.807) is 6.20 Å². The lowest BCUT2D eigenvalue weighted by molar-refractivity contribution is 0.307. The summed E-state index contributed by atoms with van der Waals surface area (Å²) in [5.41, 5.74) is 4.34. The first-order valence-corrected chi connectivity index (χ1v) is 4.71. The molecule has 1 aromatic heterocycles. The molecule has 0 unspecified atom stereocenters. The molecule has 1 aromatic rings. The van der Waals surface area contributed by atoms with Crippen molar-refractivity contribution in [2.45, 2.75) is 20.3 Å². The highest BCUT2D eigenvalue weighted by Crippen LogP contribution is 2.15. The van der Waals surface area contributed by atoms with Gasteiger partial charge in [-0.1, -0.05) is 5.57 Å². The number of anilines is 1. The van der Waals surface area contributed by atoms with Crippen molar-refractivity contribution in [1.29, 1.82) is 0 Å². The van der Waals surface area contributed by atoms with Crippen LogP contribution < -0.4 is 16.0 Å². The molecule has 0 aromatic carbocycles. The summed E-state index contributed by atoms with van der Waals surface area (Å²) in [6.45, 7) is 8.21. The van der Waals surface area contributed by atoms with Crippen molar-refractivity contribution in [3.05, 3.63) is 23.9 Å². The SMILES string of the molecule is C=C(C)CCOc1nc(NN)ncc1C. The van der Waals surface area contributed by atoms with Crippen LogP contribution in [0, 0.1) is 6.92 Å². The Balaban J connectivity index is 2.62. The maximum Gasteiger partial charge on any atom is 0.240 e. The van der Waals surface area contributed by atoms with Gasteiger partial charge in [0.25, 0.3) is 0 Å². The van der Waals surface area contributed by atoms with E-state index in [1.165, 1.54) is 0 Å². The zero-order valence-corrected chi connectivity index (χ0v) is 9.08. The first-order valence-electron chi connectivity index (χ1n) is 4.71. The molecule has 82 valence electrons. The van der Waals surface area contributed by atoms with Crippen LogP contribution in [0.25, 0.3) is 0 Å². The van der Waals surface area contributed by atoms with Gasteiger partial charge in [0.15, 0.2) is 0 Å².